The molecule has 0 bridgehead atoms. The number of hydrogen-bond acceptors (Lipinski definition) is 15. The predicted octanol–water partition coefficient (Wildman–Crippen LogP) is 6.15. The lowest BCUT2D eigenvalue weighted by atomic mass is 9.99. The number of carbonyl (C=O) groups excluding carboxylic acids is 6. The van der Waals surface area contributed by atoms with Crippen molar-refractivity contribution < 1.29 is 66.7 Å². The first-order valence-electron chi connectivity index (χ1n) is 20.2. The molecule has 4 aromatic rings. The molecular formula is C47H55NO14. The van der Waals surface area contributed by atoms with Crippen LogP contribution in [0.4, 0.5) is 0 Å². The highest BCUT2D eigenvalue weighted by Gasteiger charge is 2.22. The molecule has 0 radical (unpaired) electrons. The summed E-state index contributed by atoms with van der Waals surface area (Å²) in [4.78, 5) is 72.4. The fourth-order valence-corrected chi connectivity index (χ4v) is 5.56. The topological polar surface area (TPSA) is 202 Å². The van der Waals surface area contributed by atoms with Crippen molar-refractivity contribution in [1.29, 1.82) is 0 Å². The zero-order valence-electron chi connectivity index (χ0n) is 35.8. The molecule has 2 N–H and O–H groups in total. The monoisotopic (exact) mass is 857 g/mol. The fraction of sp³-hybridized carbons (Fsp3) is 0.362. The molecule has 0 aliphatic heterocycles. The van der Waals surface area contributed by atoms with Crippen LogP contribution in [0.2, 0.25) is 0 Å². The van der Waals surface area contributed by atoms with E-state index >= 15 is 0 Å². The molecule has 0 saturated carbocycles. The Labute approximate surface area is 361 Å². The van der Waals surface area contributed by atoms with Crippen molar-refractivity contribution >= 4 is 35.8 Å². The van der Waals surface area contributed by atoms with E-state index in [2.05, 4.69) is 0 Å². The average Bonchev–Trinajstić information content (AvgIpc) is 3.27. The fourth-order valence-electron chi connectivity index (χ4n) is 5.56. The molecule has 0 unspecified atom stereocenters. The van der Waals surface area contributed by atoms with Gasteiger partial charge in [0.25, 0.3) is 0 Å². The van der Waals surface area contributed by atoms with Crippen molar-refractivity contribution in [3.8, 4) is 11.5 Å². The molecular weight excluding hydrogens is 803 g/mol. The molecule has 4 aromatic carbocycles. The lowest BCUT2D eigenvalue weighted by molar-refractivity contribution is -0.149. The predicted molar refractivity (Wildman–Crippen MR) is 226 cm³/mol. The summed E-state index contributed by atoms with van der Waals surface area (Å²) in [6.07, 6.45) is 0.524. The number of nitrogens with two attached hydrogens (primary N) is 1. The minimum Gasteiger partial charge on any atom is -0.481 e. The Morgan fingerprint density at radius 3 is 1.31 bits per heavy atom. The highest BCUT2D eigenvalue weighted by molar-refractivity contribution is 5.93. The molecule has 0 saturated heterocycles. The van der Waals surface area contributed by atoms with Crippen LogP contribution in [0.5, 0.6) is 11.5 Å². The molecule has 0 spiro atoms. The number of benzene rings is 4. The van der Waals surface area contributed by atoms with E-state index in [9.17, 15) is 28.8 Å². The SMILES string of the molecule is CCOC(=O)COc1ccc(C[C@H](C)C(=O)OCc2ccccc2)cc1C(=O)OCC.CCOC(=O)COc1ccc(C[C@H](N)C(=O)OCc2ccccc2)cc1C(=O)OCC. The van der Waals surface area contributed by atoms with Crippen LogP contribution < -0.4 is 15.2 Å². The van der Waals surface area contributed by atoms with E-state index in [0.29, 0.717) is 12.0 Å². The Morgan fingerprint density at radius 1 is 0.484 bits per heavy atom. The first-order valence-corrected chi connectivity index (χ1v) is 20.2. The highest BCUT2D eigenvalue weighted by Crippen LogP contribution is 2.25. The lowest BCUT2D eigenvalue weighted by Gasteiger charge is -2.15. The molecule has 332 valence electrons. The van der Waals surface area contributed by atoms with Gasteiger partial charge in [-0.15, -0.1) is 0 Å². The van der Waals surface area contributed by atoms with Crippen molar-refractivity contribution in [2.24, 2.45) is 11.7 Å². The molecule has 0 aliphatic rings. The van der Waals surface area contributed by atoms with E-state index in [4.69, 9.17) is 43.6 Å². The molecule has 0 heterocycles. The molecule has 0 aromatic heterocycles. The Morgan fingerprint density at radius 2 is 0.887 bits per heavy atom. The first kappa shape index (κ1) is 49.6. The van der Waals surface area contributed by atoms with E-state index in [1.807, 2.05) is 60.7 Å². The maximum absolute atomic E-state index is 12.4. The molecule has 15 heteroatoms. The summed E-state index contributed by atoms with van der Waals surface area (Å²) in [6.45, 7) is 9.04. The van der Waals surface area contributed by atoms with Crippen LogP contribution >= 0.6 is 0 Å². The van der Waals surface area contributed by atoms with Crippen molar-refractivity contribution in [3.63, 3.8) is 0 Å². The second-order valence-electron chi connectivity index (χ2n) is 13.4. The highest BCUT2D eigenvalue weighted by atomic mass is 16.6. The summed E-state index contributed by atoms with van der Waals surface area (Å²) in [7, 11) is 0. The quantitative estimate of drug-likeness (QED) is 0.0696. The summed E-state index contributed by atoms with van der Waals surface area (Å²) in [6, 6.07) is 27.5. The minimum absolute atomic E-state index is 0.127. The third-order valence-corrected chi connectivity index (χ3v) is 8.53. The lowest BCUT2D eigenvalue weighted by Crippen LogP contribution is -2.34. The third kappa shape index (κ3) is 17.5. The number of hydrogen-bond donors (Lipinski definition) is 1. The zero-order valence-corrected chi connectivity index (χ0v) is 35.8. The Kier molecular flexibility index (Phi) is 21.7. The molecule has 0 fully saturated rings. The Bertz CT molecular complexity index is 1910. The maximum Gasteiger partial charge on any atom is 0.344 e. The van der Waals surface area contributed by atoms with Crippen LogP contribution in [0.15, 0.2) is 97.1 Å². The summed E-state index contributed by atoms with van der Waals surface area (Å²) in [5, 5.41) is 0. The molecule has 0 amide bonds. The molecule has 62 heavy (non-hydrogen) atoms. The van der Waals surface area contributed by atoms with Gasteiger partial charge in [-0.05, 0) is 87.1 Å². The zero-order chi connectivity index (χ0) is 45.3. The van der Waals surface area contributed by atoms with Gasteiger partial charge in [0.2, 0.25) is 0 Å². The van der Waals surface area contributed by atoms with Gasteiger partial charge in [-0.1, -0.05) is 79.7 Å². The average molecular weight is 858 g/mol. The Hall–Kier alpha value is -6.74. The van der Waals surface area contributed by atoms with E-state index in [1.54, 1.807) is 58.9 Å². The Balaban J connectivity index is 0.000000330. The van der Waals surface area contributed by atoms with Gasteiger partial charge < -0.3 is 43.6 Å². The second kappa shape index (κ2) is 27.2. The van der Waals surface area contributed by atoms with Gasteiger partial charge in [0.05, 0.1) is 32.3 Å². The smallest absolute Gasteiger partial charge is 0.344 e. The van der Waals surface area contributed by atoms with Gasteiger partial charge in [0.15, 0.2) is 13.2 Å². The van der Waals surface area contributed by atoms with Gasteiger partial charge in [-0.2, -0.15) is 0 Å². The van der Waals surface area contributed by atoms with Crippen molar-refractivity contribution in [2.45, 2.75) is 66.7 Å². The van der Waals surface area contributed by atoms with Crippen LogP contribution in [-0.2, 0) is 73.7 Å². The third-order valence-electron chi connectivity index (χ3n) is 8.53. The minimum atomic E-state index is -0.912. The normalized spacial score (nSPS) is 11.3. The standard InChI is InChI=1S/C24H28O7.C23H27NO7/c1-4-28-22(25)16-30-21-12-11-19(14-20(21)24(27)29-5-2)13-17(3)23(26)31-15-18-9-7-6-8-10-18;1-3-28-21(25)15-30-20-11-10-17(12-18(20)22(26)29-4-2)13-19(24)23(27)31-14-16-8-6-5-7-9-16/h6-12,14,17H,4-5,13,15-16H2,1-3H3;5-12,19H,3-4,13-15,24H2,1-2H3/t17-;19-/m00/s1. The molecule has 15 nitrogen and oxygen atoms in total. The van der Waals surface area contributed by atoms with E-state index in [1.165, 1.54) is 12.1 Å². The molecule has 4 rings (SSSR count). The van der Waals surface area contributed by atoms with E-state index in [0.717, 1.165) is 16.7 Å². The summed E-state index contributed by atoms with van der Waals surface area (Å²) in [5.41, 5.74) is 9.44. The summed E-state index contributed by atoms with van der Waals surface area (Å²) in [5.74, 6) is -3.16. The van der Waals surface area contributed by atoms with Gasteiger partial charge in [0, 0.05) is 0 Å². The summed E-state index contributed by atoms with van der Waals surface area (Å²) >= 11 is 0. The molecule has 2 atom stereocenters. The number of ether oxygens (including phenoxy) is 8. The van der Waals surface area contributed by atoms with Crippen molar-refractivity contribution in [2.75, 3.05) is 39.6 Å². The van der Waals surface area contributed by atoms with Gasteiger partial charge in [-0.3, -0.25) is 9.59 Å². The van der Waals surface area contributed by atoms with Gasteiger partial charge in [-0.25, -0.2) is 19.2 Å². The van der Waals surface area contributed by atoms with Crippen LogP contribution in [0.1, 0.15) is 77.6 Å². The first-order chi connectivity index (χ1) is 29.9. The van der Waals surface area contributed by atoms with Crippen LogP contribution in [0.3, 0.4) is 0 Å². The largest absolute Gasteiger partial charge is 0.481 e. The van der Waals surface area contributed by atoms with E-state index < -0.39 is 41.8 Å². The van der Waals surface area contributed by atoms with Crippen LogP contribution in [0.25, 0.3) is 0 Å². The molecule has 0 aliphatic carbocycles. The van der Waals surface area contributed by atoms with Crippen LogP contribution in [-0.4, -0.2) is 81.5 Å². The number of carbonyl (C=O) groups is 6. The van der Waals surface area contributed by atoms with Crippen molar-refractivity contribution in [1.82, 2.24) is 0 Å². The van der Waals surface area contributed by atoms with Crippen molar-refractivity contribution in [3.05, 3.63) is 130 Å². The van der Waals surface area contributed by atoms with Gasteiger partial charge >= 0.3 is 35.8 Å². The summed E-state index contributed by atoms with van der Waals surface area (Å²) < 4.78 is 41.3. The number of rotatable bonds is 22. The van der Waals surface area contributed by atoms with E-state index in [-0.39, 0.29) is 87.9 Å². The van der Waals surface area contributed by atoms with Crippen LogP contribution in [0, 0.1) is 5.92 Å². The van der Waals surface area contributed by atoms with Gasteiger partial charge in [0.1, 0.15) is 41.9 Å². The second-order valence-corrected chi connectivity index (χ2v) is 13.4. The number of esters is 6. The maximum atomic E-state index is 12.4.